The minimum atomic E-state index is -0.743. The van der Waals surface area contributed by atoms with Gasteiger partial charge in [0.05, 0.1) is 27.1 Å². The molecule has 0 spiro atoms. The Morgan fingerprint density at radius 3 is 1.72 bits per heavy atom. The number of benzene rings is 1. The Bertz CT molecular complexity index is 463. The molecule has 0 saturated heterocycles. The topological polar surface area (TPSA) is 110 Å². The molecular formula is C10H13N3O5. The predicted molar refractivity (Wildman–Crippen MR) is 63.8 cm³/mol. The second-order valence-electron chi connectivity index (χ2n) is 4.70. The smallest absolute Gasteiger partial charge is 0.278 e. The van der Waals surface area contributed by atoms with E-state index in [9.17, 15) is 25.4 Å². The fourth-order valence-corrected chi connectivity index (χ4v) is 1.30. The summed E-state index contributed by atoms with van der Waals surface area (Å²) in [4.78, 5) is 19.9. The maximum Gasteiger partial charge on any atom is 0.278 e. The molecule has 0 aliphatic carbocycles. The normalized spacial score (nSPS) is 11.1. The average molecular weight is 255 g/mol. The van der Waals surface area contributed by atoms with Gasteiger partial charge < -0.3 is 0 Å². The van der Waals surface area contributed by atoms with Crippen LogP contribution in [-0.4, -0.2) is 20.6 Å². The zero-order chi connectivity index (χ0) is 14.1. The molecule has 8 nitrogen and oxygen atoms in total. The lowest BCUT2D eigenvalue weighted by molar-refractivity contribution is -0.394. The first-order chi connectivity index (χ1) is 8.12. The second-order valence-corrected chi connectivity index (χ2v) is 4.70. The molecule has 98 valence electrons. The first kappa shape index (κ1) is 13.8. The molecule has 8 heteroatoms. The van der Waals surface area contributed by atoms with Crippen LogP contribution in [0.15, 0.2) is 18.2 Å². The van der Waals surface area contributed by atoms with Crippen molar-refractivity contribution in [3.8, 4) is 0 Å². The van der Waals surface area contributed by atoms with Gasteiger partial charge in [-0.2, -0.15) is 0 Å². The summed E-state index contributed by atoms with van der Waals surface area (Å²) in [7, 11) is 0. The van der Waals surface area contributed by atoms with Crippen molar-refractivity contribution in [2.45, 2.75) is 26.3 Å². The lowest BCUT2D eigenvalue weighted by Gasteiger charge is -2.30. The number of hydrogen-bond acceptors (Lipinski definition) is 6. The minimum Gasteiger partial charge on any atom is -0.288 e. The third kappa shape index (κ3) is 2.92. The molecule has 1 aromatic carbocycles. The molecule has 0 heterocycles. The van der Waals surface area contributed by atoms with Gasteiger partial charge in [-0.3, -0.25) is 30.5 Å². The summed E-state index contributed by atoms with van der Waals surface area (Å²) >= 11 is 0. The molecule has 1 aromatic rings. The van der Waals surface area contributed by atoms with Crippen LogP contribution in [0.3, 0.4) is 0 Å². The summed E-state index contributed by atoms with van der Waals surface area (Å²) in [6.07, 6.45) is 0. The molecule has 0 radical (unpaired) electrons. The average Bonchev–Trinajstić information content (AvgIpc) is 2.26. The summed E-state index contributed by atoms with van der Waals surface area (Å²) in [5, 5.41) is 32.0. The van der Waals surface area contributed by atoms with Crippen molar-refractivity contribution in [3.63, 3.8) is 0 Å². The zero-order valence-corrected chi connectivity index (χ0v) is 10.2. The van der Waals surface area contributed by atoms with Crippen molar-refractivity contribution in [1.82, 2.24) is 0 Å². The van der Waals surface area contributed by atoms with Gasteiger partial charge in [0, 0.05) is 12.1 Å². The lowest BCUT2D eigenvalue weighted by atomic mass is 10.1. The molecule has 18 heavy (non-hydrogen) atoms. The SMILES string of the molecule is CC(C)(C)N(O)c1cc([N+](=O)[O-])cc([N+](=O)[O-])c1. The molecular weight excluding hydrogens is 242 g/mol. The highest BCUT2D eigenvalue weighted by Crippen LogP contribution is 2.30. The molecule has 0 atom stereocenters. The van der Waals surface area contributed by atoms with E-state index in [0.29, 0.717) is 0 Å². The Kier molecular flexibility index (Phi) is 3.52. The van der Waals surface area contributed by atoms with Crippen molar-refractivity contribution in [2.24, 2.45) is 0 Å². The van der Waals surface area contributed by atoms with E-state index in [-0.39, 0.29) is 5.69 Å². The van der Waals surface area contributed by atoms with Gasteiger partial charge in [-0.1, -0.05) is 0 Å². The number of hydrogen-bond donors (Lipinski definition) is 1. The van der Waals surface area contributed by atoms with Crippen LogP contribution in [0.4, 0.5) is 17.1 Å². The van der Waals surface area contributed by atoms with Gasteiger partial charge in [-0.25, -0.2) is 0 Å². The molecule has 1 rings (SSSR count). The summed E-state index contributed by atoms with van der Waals surface area (Å²) in [5.74, 6) is 0. The molecule has 0 aliphatic heterocycles. The van der Waals surface area contributed by atoms with Crippen LogP contribution in [0.25, 0.3) is 0 Å². The van der Waals surface area contributed by atoms with Crippen LogP contribution >= 0.6 is 0 Å². The first-order valence-corrected chi connectivity index (χ1v) is 5.06. The maximum atomic E-state index is 10.7. The number of anilines is 1. The third-order valence-corrected chi connectivity index (χ3v) is 2.19. The van der Waals surface area contributed by atoms with Gasteiger partial charge in [-0.15, -0.1) is 0 Å². The highest BCUT2D eigenvalue weighted by Gasteiger charge is 2.25. The predicted octanol–water partition coefficient (Wildman–Crippen LogP) is 2.50. The van der Waals surface area contributed by atoms with Gasteiger partial charge in [-0.05, 0) is 20.8 Å². The summed E-state index contributed by atoms with van der Waals surface area (Å²) in [6, 6.07) is 3.01. The number of nitro benzene ring substituents is 2. The van der Waals surface area contributed by atoms with Crippen LogP contribution in [0.5, 0.6) is 0 Å². The lowest BCUT2D eigenvalue weighted by Crippen LogP contribution is -2.38. The number of nitro groups is 2. The third-order valence-electron chi connectivity index (χ3n) is 2.19. The van der Waals surface area contributed by atoms with Crippen LogP contribution in [0, 0.1) is 20.2 Å². The van der Waals surface area contributed by atoms with Crippen molar-refractivity contribution in [3.05, 3.63) is 38.4 Å². The Labute approximate surface area is 103 Å². The van der Waals surface area contributed by atoms with Gasteiger partial charge in [0.15, 0.2) is 0 Å². The van der Waals surface area contributed by atoms with Gasteiger partial charge in [0.2, 0.25) is 0 Å². The summed E-state index contributed by atoms with van der Waals surface area (Å²) in [5.41, 5.74) is -1.61. The van der Waals surface area contributed by atoms with E-state index in [4.69, 9.17) is 0 Å². The van der Waals surface area contributed by atoms with Gasteiger partial charge >= 0.3 is 0 Å². The first-order valence-electron chi connectivity index (χ1n) is 5.06. The van der Waals surface area contributed by atoms with Crippen molar-refractivity contribution in [1.29, 1.82) is 0 Å². The Balaban J connectivity index is 3.36. The molecule has 0 bridgehead atoms. The Morgan fingerprint density at radius 1 is 1.06 bits per heavy atom. The molecule has 0 aromatic heterocycles. The standard InChI is InChI=1S/C10H13N3O5/c1-10(2,3)11(14)7-4-8(12(15)16)6-9(5-7)13(17)18/h4-6,14H,1-3H3. The zero-order valence-electron chi connectivity index (χ0n) is 10.2. The molecule has 0 fully saturated rings. The van der Waals surface area contributed by atoms with E-state index in [1.54, 1.807) is 20.8 Å². The fraction of sp³-hybridized carbons (Fsp3) is 0.400. The Hall–Kier alpha value is -2.22. The van der Waals surface area contributed by atoms with E-state index < -0.39 is 26.8 Å². The van der Waals surface area contributed by atoms with Gasteiger partial charge in [0.1, 0.15) is 0 Å². The van der Waals surface area contributed by atoms with Gasteiger partial charge in [0.25, 0.3) is 11.4 Å². The molecule has 0 amide bonds. The second kappa shape index (κ2) is 4.57. The van der Waals surface area contributed by atoms with E-state index in [1.165, 1.54) is 0 Å². The van der Waals surface area contributed by atoms with Crippen LogP contribution in [-0.2, 0) is 0 Å². The van der Waals surface area contributed by atoms with E-state index in [2.05, 4.69) is 0 Å². The molecule has 0 unspecified atom stereocenters. The summed E-state index contributed by atoms with van der Waals surface area (Å²) in [6.45, 7) is 4.99. The van der Waals surface area contributed by atoms with E-state index in [1.807, 2.05) is 0 Å². The number of nitrogens with zero attached hydrogens (tertiary/aromatic N) is 3. The number of hydroxylamine groups is 1. The maximum absolute atomic E-state index is 10.7. The van der Waals surface area contributed by atoms with Crippen LogP contribution in [0.2, 0.25) is 0 Å². The monoisotopic (exact) mass is 255 g/mol. The van der Waals surface area contributed by atoms with Crippen LogP contribution in [0.1, 0.15) is 20.8 Å². The van der Waals surface area contributed by atoms with E-state index >= 15 is 0 Å². The van der Waals surface area contributed by atoms with E-state index in [0.717, 1.165) is 23.3 Å². The highest BCUT2D eigenvalue weighted by molar-refractivity contribution is 5.59. The highest BCUT2D eigenvalue weighted by atomic mass is 16.6. The summed E-state index contributed by atoms with van der Waals surface area (Å²) < 4.78 is 0. The van der Waals surface area contributed by atoms with Crippen molar-refractivity contribution < 1.29 is 15.1 Å². The molecule has 0 aliphatic rings. The molecule has 0 saturated carbocycles. The quantitative estimate of drug-likeness (QED) is 0.656. The number of rotatable bonds is 3. The van der Waals surface area contributed by atoms with Crippen molar-refractivity contribution >= 4 is 17.1 Å². The largest absolute Gasteiger partial charge is 0.288 e. The van der Waals surface area contributed by atoms with Crippen molar-refractivity contribution in [2.75, 3.05) is 5.06 Å². The Morgan fingerprint density at radius 2 is 1.44 bits per heavy atom. The fourth-order valence-electron chi connectivity index (χ4n) is 1.30. The number of non-ortho nitro benzene ring substituents is 2. The minimum absolute atomic E-state index is 0.00315. The molecule has 1 N–H and O–H groups in total. The van der Waals surface area contributed by atoms with Crippen LogP contribution < -0.4 is 5.06 Å².